The summed E-state index contributed by atoms with van der Waals surface area (Å²) in [5.41, 5.74) is 0.933. The highest BCUT2D eigenvalue weighted by Crippen LogP contribution is 2.24. The summed E-state index contributed by atoms with van der Waals surface area (Å²) < 4.78 is 10.3. The molecule has 0 radical (unpaired) electrons. The molecule has 1 rings (SSSR count). The van der Waals surface area contributed by atoms with Gasteiger partial charge in [-0.1, -0.05) is 0 Å². The van der Waals surface area contributed by atoms with Crippen molar-refractivity contribution >= 4 is 17.7 Å². The van der Waals surface area contributed by atoms with Gasteiger partial charge in [0, 0.05) is 18.2 Å². The van der Waals surface area contributed by atoms with Crippen LogP contribution >= 0.6 is 11.8 Å². The molecule has 0 fully saturated rings. The quantitative estimate of drug-likeness (QED) is 0.840. The van der Waals surface area contributed by atoms with E-state index in [1.807, 2.05) is 18.4 Å². The molecular weight excluding hydrogens is 238 g/mol. The minimum absolute atomic E-state index is 0.0235. The Kier molecular flexibility index (Phi) is 5.69. The van der Waals surface area contributed by atoms with Gasteiger partial charge < -0.3 is 14.8 Å². The van der Waals surface area contributed by atoms with Crippen LogP contribution in [0, 0.1) is 0 Å². The van der Waals surface area contributed by atoms with E-state index >= 15 is 0 Å². The lowest BCUT2D eigenvalue weighted by Gasteiger charge is -2.11. The summed E-state index contributed by atoms with van der Waals surface area (Å²) in [5, 5.41) is 2.83. The second kappa shape index (κ2) is 7.06. The van der Waals surface area contributed by atoms with Crippen molar-refractivity contribution in [3.8, 4) is 11.5 Å². The molecular formula is C12H17NO3S. The smallest absolute Gasteiger partial charge is 0.230 e. The lowest BCUT2D eigenvalue weighted by molar-refractivity contribution is -0.118. The third-order valence-corrected chi connectivity index (χ3v) is 2.80. The molecule has 0 saturated heterocycles. The van der Waals surface area contributed by atoms with E-state index in [0.29, 0.717) is 18.0 Å². The van der Waals surface area contributed by atoms with Crippen molar-refractivity contribution in [1.29, 1.82) is 0 Å². The van der Waals surface area contributed by atoms with Crippen LogP contribution in [0.15, 0.2) is 18.2 Å². The highest BCUT2D eigenvalue weighted by atomic mass is 32.2. The Morgan fingerprint density at radius 1 is 1.35 bits per heavy atom. The topological polar surface area (TPSA) is 47.6 Å². The zero-order valence-electron chi connectivity index (χ0n) is 10.3. The van der Waals surface area contributed by atoms with Crippen LogP contribution in [0.5, 0.6) is 11.5 Å². The number of nitrogens with one attached hydrogen (secondary N) is 1. The minimum atomic E-state index is 0.0235. The summed E-state index contributed by atoms with van der Waals surface area (Å²) in [6, 6.07) is 5.53. The molecule has 0 aliphatic heterocycles. The molecule has 0 saturated carbocycles. The van der Waals surface area contributed by atoms with Gasteiger partial charge in [-0.05, 0) is 18.4 Å². The van der Waals surface area contributed by atoms with Crippen LogP contribution in [0.4, 0.5) is 0 Å². The zero-order chi connectivity index (χ0) is 12.7. The lowest BCUT2D eigenvalue weighted by atomic mass is 10.2. The Morgan fingerprint density at radius 2 is 2.12 bits per heavy atom. The molecule has 1 aromatic rings. The van der Waals surface area contributed by atoms with Crippen molar-refractivity contribution in [3.05, 3.63) is 23.8 Å². The molecule has 1 N–H and O–H groups in total. The van der Waals surface area contributed by atoms with E-state index in [-0.39, 0.29) is 5.91 Å². The van der Waals surface area contributed by atoms with Crippen molar-refractivity contribution in [1.82, 2.24) is 5.32 Å². The van der Waals surface area contributed by atoms with E-state index < -0.39 is 0 Å². The molecule has 0 aromatic heterocycles. The number of thioether (sulfide) groups is 1. The molecule has 1 aromatic carbocycles. The van der Waals surface area contributed by atoms with Crippen molar-refractivity contribution in [2.24, 2.45) is 0 Å². The number of carbonyl (C=O) groups is 1. The van der Waals surface area contributed by atoms with E-state index in [4.69, 9.17) is 9.47 Å². The minimum Gasteiger partial charge on any atom is -0.497 e. The predicted octanol–water partition coefficient (Wildman–Crippen LogP) is 1.68. The Morgan fingerprint density at radius 3 is 2.71 bits per heavy atom. The number of benzene rings is 1. The number of ether oxygens (including phenoxy) is 2. The van der Waals surface area contributed by atoms with Crippen molar-refractivity contribution in [2.75, 3.05) is 26.2 Å². The fourth-order valence-electron chi connectivity index (χ4n) is 1.37. The molecule has 94 valence electrons. The maximum Gasteiger partial charge on any atom is 0.230 e. The summed E-state index contributed by atoms with van der Waals surface area (Å²) in [4.78, 5) is 11.3. The molecule has 0 aliphatic carbocycles. The van der Waals surface area contributed by atoms with Gasteiger partial charge in [-0.15, -0.1) is 0 Å². The van der Waals surface area contributed by atoms with Crippen LogP contribution in [-0.2, 0) is 11.3 Å². The summed E-state index contributed by atoms with van der Waals surface area (Å²) in [7, 11) is 3.21. The predicted molar refractivity (Wildman–Crippen MR) is 69.8 cm³/mol. The second-order valence-electron chi connectivity index (χ2n) is 3.39. The van der Waals surface area contributed by atoms with Gasteiger partial charge in [0.15, 0.2) is 0 Å². The number of hydrogen-bond donors (Lipinski definition) is 1. The van der Waals surface area contributed by atoms with Gasteiger partial charge in [0.25, 0.3) is 0 Å². The maximum atomic E-state index is 11.3. The monoisotopic (exact) mass is 255 g/mol. The number of hydrogen-bond acceptors (Lipinski definition) is 4. The van der Waals surface area contributed by atoms with E-state index in [1.165, 1.54) is 11.8 Å². The highest BCUT2D eigenvalue weighted by molar-refractivity contribution is 7.99. The Bertz CT molecular complexity index is 382. The molecule has 0 bridgehead atoms. The fraction of sp³-hybridized carbons (Fsp3) is 0.417. The lowest BCUT2D eigenvalue weighted by Crippen LogP contribution is -2.24. The van der Waals surface area contributed by atoms with Gasteiger partial charge >= 0.3 is 0 Å². The number of methoxy groups -OCH3 is 2. The van der Waals surface area contributed by atoms with Gasteiger partial charge in [0.1, 0.15) is 11.5 Å². The van der Waals surface area contributed by atoms with Gasteiger partial charge in [-0.3, -0.25) is 4.79 Å². The first-order valence-corrected chi connectivity index (χ1v) is 6.57. The SMILES string of the molecule is COc1ccc(CNC(=O)CSC)c(OC)c1. The first-order chi connectivity index (χ1) is 8.21. The van der Waals surface area contributed by atoms with Gasteiger partial charge in [-0.25, -0.2) is 0 Å². The molecule has 0 aliphatic rings. The Hall–Kier alpha value is -1.36. The second-order valence-corrected chi connectivity index (χ2v) is 4.25. The van der Waals surface area contributed by atoms with Crippen molar-refractivity contribution in [3.63, 3.8) is 0 Å². The highest BCUT2D eigenvalue weighted by Gasteiger charge is 2.06. The number of rotatable bonds is 6. The molecule has 0 heterocycles. The number of carbonyl (C=O) groups excluding carboxylic acids is 1. The van der Waals surface area contributed by atoms with Gasteiger partial charge in [0.05, 0.1) is 20.0 Å². The first-order valence-electron chi connectivity index (χ1n) is 5.17. The van der Waals surface area contributed by atoms with E-state index in [2.05, 4.69) is 5.32 Å². The van der Waals surface area contributed by atoms with Crippen molar-refractivity contribution < 1.29 is 14.3 Å². The van der Waals surface area contributed by atoms with Crippen LogP contribution in [0.1, 0.15) is 5.56 Å². The van der Waals surface area contributed by atoms with E-state index in [0.717, 1.165) is 11.3 Å². The van der Waals surface area contributed by atoms with Crippen molar-refractivity contribution in [2.45, 2.75) is 6.54 Å². The Balaban J connectivity index is 2.67. The first kappa shape index (κ1) is 13.7. The summed E-state index contributed by atoms with van der Waals surface area (Å²) in [6.07, 6.45) is 1.90. The summed E-state index contributed by atoms with van der Waals surface area (Å²) in [5.74, 6) is 1.95. The molecule has 1 amide bonds. The van der Waals surface area contributed by atoms with Crippen LogP contribution in [0.3, 0.4) is 0 Å². The summed E-state index contributed by atoms with van der Waals surface area (Å²) >= 11 is 1.50. The van der Waals surface area contributed by atoms with Crippen LogP contribution in [-0.4, -0.2) is 32.1 Å². The summed E-state index contributed by atoms with van der Waals surface area (Å²) in [6.45, 7) is 0.465. The largest absolute Gasteiger partial charge is 0.497 e. The normalized spacial score (nSPS) is 9.82. The third kappa shape index (κ3) is 4.19. The Labute approximate surface area is 106 Å². The van der Waals surface area contributed by atoms with Crippen LogP contribution in [0.25, 0.3) is 0 Å². The van der Waals surface area contributed by atoms with Gasteiger partial charge in [0.2, 0.25) is 5.91 Å². The molecule has 0 atom stereocenters. The zero-order valence-corrected chi connectivity index (χ0v) is 11.1. The van der Waals surface area contributed by atoms with Crippen LogP contribution < -0.4 is 14.8 Å². The molecule has 5 heteroatoms. The van der Waals surface area contributed by atoms with Gasteiger partial charge in [-0.2, -0.15) is 11.8 Å². The van der Waals surface area contributed by atoms with E-state index in [9.17, 15) is 4.79 Å². The fourth-order valence-corrected chi connectivity index (χ4v) is 1.74. The van der Waals surface area contributed by atoms with Crippen LogP contribution in [0.2, 0.25) is 0 Å². The standard InChI is InChI=1S/C12H17NO3S/c1-15-10-5-4-9(11(6-10)16-2)7-13-12(14)8-17-3/h4-6H,7-8H2,1-3H3,(H,13,14). The third-order valence-electron chi connectivity index (χ3n) is 2.25. The molecule has 4 nitrogen and oxygen atoms in total. The number of amides is 1. The molecule has 0 unspecified atom stereocenters. The molecule has 17 heavy (non-hydrogen) atoms. The maximum absolute atomic E-state index is 11.3. The van der Waals surface area contributed by atoms with E-state index in [1.54, 1.807) is 20.3 Å². The average Bonchev–Trinajstić information content (AvgIpc) is 2.36. The molecule has 0 spiro atoms. The average molecular weight is 255 g/mol.